The van der Waals surface area contributed by atoms with Crippen LogP contribution >= 0.6 is 0 Å². The van der Waals surface area contributed by atoms with Crippen molar-refractivity contribution in [3.05, 3.63) is 89.2 Å². The van der Waals surface area contributed by atoms with Gasteiger partial charge in [0.15, 0.2) is 0 Å². The van der Waals surface area contributed by atoms with Crippen LogP contribution in [0.2, 0.25) is 0 Å². The monoisotopic (exact) mass is 343 g/mol. The maximum absolute atomic E-state index is 11.1. The summed E-state index contributed by atoms with van der Waals surface area (Å²) in [6.07, 6.45) is 3.73. The first-order valence-electron chi connectivity index (χ1n) is 8.55. The lowest BCUT2D eigenvalue weighted by molar-refractivity contribution is -0.119. The van der Waals surface area contributed by atoms with E-state index >= 15 is 0 Å². The largest absolute Gasteiger partial charge is 0.350 e. The minimum absolute atomic E-state index is 0.00859. The number of carbonyl (C=O) groups is 1. The van der Waals surface area contributed by atoms with Gasteiger partial charge in [0, 0.05) is 18.7 Å². The van der Waals surface area contributed by atoms with Gasteiger partial charge >= 0.3 is 0 Å². The van der Waals surface area contributed by atoms with Crippen molar-refractivity contribution in [3.63, 3.8) is 0 Å². The quantitative estimate of drug-likeness (QED) is 0.737. The number of rotatable bonds is 4. The Hall–Kier alpha value is -3.32. The van der Waals surface area contributed by atoms with E-state index in [0.717, 1.165) is 23.2 Å². The highest BCUT2D eigenvalue weighted by Gasteiger charge is 2.05. The van der Waals surface area contributed by atoms with E-state index in [1.165, 1.54) is 12.5 Å². The molecule has 0 radical (unpaired) electrons. The smallest absolute Gasteiger partial charge is 0.217 e. The molecule has 0 spiro atoms. The van der Waals surface area contributed by atoms with Crippen molar-refractivity contribution < 1.29 is 4.79 Å². The Morgan fingerprint density at radius 1 is 1.08 bits per heavy atom. The van der Waals surface area contributed by atoms with Crippen molar-refractivity contribution in [3.8, 4) is 11.8 Å². The van der Waals surface area contributed by atoms with Crippen LogP contribution < -0.4 is 5.32 Å². The molecule has 26 heavy (non-hydrogen) atoms. The first kappa shape index (κ1) is 17.5. The summed E-state index contributed by atoms with van der Waals surface area (Å²) in [5.41, 5.74) is 4.08. The van der Waals surface area contributed by atoms with Gasteiger partial charge in [-0.3, -0.25) is 9.48 Å². The number of hydrogen-bond acceptors (Lipinski definition) is 2. The molecule has 1 N–H and O–H groups in total. The Balaban J connectivity index is 1.65. The van der Waals surface area contributed by atoms with E-state index in [-0.39, 0.29) is 11.9 Å². The van der Waals surface area contributed by atoms with E-state index in [0.29, 0.717) is 0 Å². The zero-order chi connectivity index (χ0) is 18.4. The summed E-state index contributed by atoms with van der Waals surface area (Å²) in [5.74, 6) is 6.27. The van der Waals surface area contributed by atoms with Crippen molar-refractivity contribution in [1.82, 2.24) is 15.1 Å². The molecule has 0 saturated carbocycles. The maximum Gasteiger partial charge on any atom is 0.217 e. The Morgan fingerprint density at radius 2 is 1.77 bits per heavy atom. The van der Waals surface area contributed by atoms with Crippen LogP contribution in [0.15, 0.2) is 67.0 Å². The first-order valence-corrected chi connectivity index (χ1v) is 8.55. The molecule has 1 aromatic heterocycles. The highest BCUT2D eigenvalue weighted by molar-refractivity contribution is 5.73. The lowest BCUT2D eigenvalue weighted by atomic mass is 10.1. The van der Waals surface area contributed by atoms with Crippen LogP contribution in [0.5, 0.6) is 0 Å². The molecule has 3 rings (SSSR count). The Bertz CT molecular complexity index is 931. The van der Waals surface area contributed by atoms with Gasteiger partial charge in [-0.2, -0.15) is 5.10 Å². The molecule has 3 aromatic rings. The van der Waals surface area contributed by atoms with Gasteiger partial charge in [0.25, 0.3) is 0 Å². The lowest BCUT2D eigenvalue weighted by Gasteiger charge is -2.12. The van der Waals surface area contributed by atoms with E-state index in [9.17, 15) is 4.79 Å². The van der Waals surface area contributed by atoms with Crippen molar-refractivity contribution in [2.24, 2.45) is 0 Å². The topological polar surface area (TPSA) is 46.9 Å². The fraction of sp³-hybridized carbons (Fsp3) is 0.182. The molecular formula is C22H21N3O. The van der Waals surface area contributed by atoms with Gasteiger partial charge in [-0.15, -0.1) is 0 Å². The van der Waals surface area contributed by atoms with Gasteiger partial charge in [-0.1, -0.05) is 54.3 Å². The van der Waals surface area contributed by atoms with Crippen LogP contribution in [-0.4, -0.2) is 15.7 Å². The van der Waals surface area contributed by atoms with E-state index < -0.39 is 0 Å². The molecule has 1 atom stereocenters. The van der Waals surface area contributed by atoms with Gasteiger partial charge in [-0.05, 0) is 30.2 Å². The highest BCUT2D eigenvalue weighted by atomic mass is 16.1. The normalized spacial score (nSPS) is 11.3. The van der Waals surface area contributed by atoms with Crippen molar-refractivity contribution in [2.45, 2.75) is 26.4 Å². The molecule has 0 aliphatic carbocycles. The fourth-order valence-electron chi connectivity index (χ4n) is 2.67. The van der Waals surface area contributed by atoms with E-state index in [1.54, 1.807) is 6.20 Å². The predicted octanol–water partition coefficient (Wildman–Crippen LogP) is 3.53. The molecule has 0 fully saturated rings. The van der Waals surface area contributed by atoms with E-state index in [1.807, 2.05) is 60.3 Å². The number of amides is 1. The first-order chi connectivity index (χ1) is 12.6. The lowest BCUT2D eigenvalue weighted by Crippen LogP contribution is -2.23. The third-order valence-electron chi connectivity index (χ3n) is 4.00. The second-order valence-corrected chi connectivity index (χ2v) is 6.21. The molecule has 1 unspecified atom stereocenters. The molecule has 0 bridgehead atoms. The molecule has 130 valence electrons. The standard InChI is InChI=1S/C22H21N3O/c1-17(24-18(2)26)22-12-10-19(11-13-22)8-9-21-14-23-25(16-21)15-20-6-4-3-5-7-20/h3-7,10-14,16-17H,15H2,1-2H3,(H,24,26). The summed E-state index contributed by atoms with van der Waals surface area (Å²) in [5, 5.41) is 7.24. The fourth-order valence-corrected chi connectivity index (χ4v) is 2.67. The van der Waals surface area contributed by atoms with Crippen molar-refractivity contribution in [2.75, 3.05) is 0 Å². The van der Waals surface area contributed by atoms with Crippen LogP contribution in [0.3, 0.4) is 0 Å². The number of hydrogen-bond donors (Lipinski definition) is 1. The van der Waals surface area contributed by atoms with Gasteiger partial charge in [-0.25, -0.2) is 0 Å². The summed E-state index contributed by atoms with van der Waals surface area (Å²) >= 11 is 0. The molecule has 0 aliphatic rings. The van der Waals surface area contributed by atoms with Crippen LogP contribution in [0, 0.1) is 11.8 Å². The number of carbonyl (C=O) groups excluding carboxylic acids is 1. The molecule has 0 aliphatic heterocycles. The van der Waals surface area contributed by atoms with Crippen LogP contribution in [0.4, 0.5) is 0 Å². The van der Waals surface area contributed by atoms with E-state index in [2.05, 4.69) is 34.4 Å². The van der Waals surface area contributed by atoms with Crippen LogP contribution in [0.1, 0.15) is 42.1 Å². The number of aromatic nitrogens is 2. The zero-order valence-electron chi connectivity index (χ0n) is 14.9. The third-order valence-corrected chi connectivity index (χ3v) is 4.00. The molecule has 1 amide bonds. The van der Waals surface area contributed by atoms with E-state index in [4.69, 9.17) is 0 Å². The van der Waals surface area contributed by atoms with Gasteiger partial charge in [0.2, 0.25) is 5.91 Å². The Kier molecular flexibility index (Phi) is 5.50. The Morgan fingerprint density at radius 3 is 2.46 bits per heavy atom. The van der Waals surface area contributed by atoms with Gasteiger partial charge < -0.3 is 5.32 Å². The average molecular weight is 343 g/mol. The van der Waals surface area contributed by atoms with Crippen molar-refractivity contribution >= 4 is 5.91 Å². The molecular weight excluding hydrogens is 322 g/mol. The predicted molar refractivity (Wildman–Crippen MR) is 102 cm³/mol. The molecule has 4 nitrogen and oxygen atoms in total. The SMILES string of the molecule is CC(=O)NC(C)c1ccc(C#Cc2cnn(Cc3ccccc3)c2)cc1. The second-order valence-electron chi connectivity index (χ2n) is 6.21. The Labute approximate surface area is 153 Å². The summed E-state index contributed by atoms with van der Waals surface area (Å²) in [4.78, 5) is 11.1. The average Bonchev–Trinajstić information content (AvgIpc) is 3.08. The number of nitrogens with zero attached hydrogens (tertiary/aromatic N) is 2. The maximum atomic E-state index is 11.1. The molecule has 1 heterocycles. The van der Waals surface area contributed by atoms with Gasteiger partial charge in [0.1, 0.15) is 0 Å². The molecule has 2 aromatic carbocycles. The minimum Gasteiger partial charge on any atom is -0.350 e. The van der Waals surface area contributed by atoms with Crippen LogP contribution in [0.25, 0.3) is 0 Å². The summed E-state index contributed by atoms with van der Waals surface area (Å²) in [7, 11) is 0. The third kappa shape index (κ3) is 4.84. The minimum atomic E-state index is -0.0334. The van der Waals surface area contributed by atoms with Gasteiger partial charge in [0.05, 0.1) is 24.3 Å². The summed E-state index contributed by atoms with van der Waals surface area (Å²) in [6.45, 7) is 4.22. The zero-order valence-corrected chi connectivity index (χ0v) is 14.9. The van der Waals surface area contributed by atoms with Crippen molar-refractivity contribution in [1.29, 1.82) is 0 Å². The highest BCUT2D eigenvalue weighted by Crippen LogP contribution is 2.13. The number of benzene rings is 2. The summed E-state index contributed by atoms with van der Waals surface area (Å²) in [6, 6.07) is 18.1. The molecule has 0 saturated heterocycles. The second kappa shape index (κ2) is 8.17. The van der Waals surface area contributed by atoms with Crippen LogP contribution in [-0.2, 0) is 11.3 Å². The number of nitrogens with one attached hydrogen (secondary N) is 1. The summed E-state index contributed by atoms with van der Waals surface area (Å²) < 4.78 is 1.89. The molecule has 4 heteroatoms.